The SMILES string of the molecule is CC(C)N(CC(=O)O)C(=O)Nc1ccc(C(C)(C)C)cc1. The number of aliphatic carboxylic acids is 1. The molecule has 0 atom stereocenters. The Morgan fingerprint density at radius 3 is 2.10 bits per heavy atom. The Morgan fingerprint density at radius 2 is 1.71 bits per heavy atom. The number of carbonyl (C=O) groups is 2. The Kier molecular flexibility index (Phi) is 5.35. The van der Waals surface area contributed by atoms with Crippen molar-refractivity contribution in [1.82, 2.24) is 4.90 Å². The minimum atomic E-state index is -1.03. The molecular formula is C16H24N2O3. The van der Waals surface area contributed by atoms with E-state index >= 15 is 0 Å². The van der Waals surface area contributed by atoms with Gasteiger partial charge in [-0.25, -0.2) is 4.79 Å². The highest BCUT2D eigenvalue weighted by atomic mass is 16.4. The van der Waals surface area contributed by atoms with E-state index in [1.807, 2.05) is 24.3 Å². The van der Waals surface area contributed by atoms with Crippen molar-refractivity contribution in [3.05, 3.63) is 29.8 Å². The van der Waals surface area contributed by atoms with Crippen molar-refractivity contribution in [2.24, 2.45) is 0 Å². The second-order valence-electron chi connectivity index (χ2n) is 6.37. The first-order chi connectivity index (χ1) is 9.61. The minimum Gasteiger partial charge on any atom is -0.480 e. The van der Waals surface area contributed by atoms with Crippen molar-refractivity contribution in [3.8, 4) is 0 Å². The van der Waals surface area contributed by atoms with Crippen LogP contribution in [-0.2, 0) is 10.2 Å². The van der Waals surface area contributed by atoms with E-state index in [4.69, 9.17) is 5.11 Å². The molecule has 1 rings (SSSR count). The zero-order valence-electron chi connectivity index (χ0n) is 13.3. The molecule has 0 saturated carbocycles. The van der Waals surface area contributed by atoms with Gasteiger partial charge in [-0.15, -0.1) is 0 Å². The van der Waals surface area contributed by atoms with Gasteiger partial charge in [-0.2, -0.15) is 0 Å². The van der Waals surface area contributed by atoms with Crippen molar-refractivity contribution < 1.29 is 14.7 Å². The molecular weight excluding hydrogens is 268 g/mol. The van der Waals surface area contributed by atoms with Gasteiger partial charge in [0.1, 0.15) is 6.54 Å². The largest absolute Gasteiger partial charge is 0.480 e. The van der Waals surface area contributed by atoms with E-state index in [-0.39, 0.29) is 18.0 Å². The molecule has 0 radical (unpaired) electrons. The van der Waals surface area contributed by atoms with Gasteiger partial charge in [0.25, 0.3) is 0 Å². The standard InChI is InChI=1S/C16H24N2O3/c1-11(2)18(10-14(19)20)15(21)17-13-8-6-12(7-9-13)16(3,4)5/h6-9,11H,10H2,1-5H3,(H,17,21)(H,19,20). The van der Waals surface area contributed by atoms with Crippen LogP contribution in [0.1, 0.15) is 40.2 Å². The van der Waals surface area contributed by atoms with Crippen LogP contribution in [0.3, 0.4) is 0 Å². The van der Waals surface area contributed by atoms with Crippen molar-refractivity contribution >= 4 is 17.7 Å². The normalized spacial score (nSPS) is 11.3. The lowest BCUT2D eigenvalue weighted by atomic mass is 9.87. The van der Waals surface area contributed by atoms with Crippen molar-refractivity contribution in [2.75, 3.05) is 11.9 Å². The predicted molar refractivity (Wildman–Crippen MR) is 83.6 cm³/mol. The topological polar surface area (TPSA) is 69.6 Å². The first kappa shape index (κ1) is 17.0. The second kappa shape index (κ2) is 6.61. The van der Waals surface area contributed by atoms with Gasteiger partial charge in [0.2, 0.25) is 0 Å². The van der Waals surface area contributed by atoms with Crippen LogP contribution >= 0.6 is 0 Å². The molecule has 0 aliphatic heterocycles. The van der Waals surface area contributed by atoms with Gasteiger partial charge in [0.05, 0.1) is 0 Å². The van der Waals surface area contributed by atoms with E-state index in [9.17, 15) is 9.59 Å². The summed E-state index contributed by atoms with van der Waals surface area (Å²) in [4.78, 5) is 24.2. The van der Waals surface area contributed by atoms with Gasteiger partial charge in [-0.05, 0) is 37.0 Å². The lowest BCUT2D eigenvalue weighted by Gasteiger charge is -2.25. The summed E-state index contributed by atoms with van der Waals surface area (Å²) in [6.45, 7) is 9.61. The molecule has 2 N–H and O–H groups in total. The van der Waals surface area contributed by atoms with E-state index in [2.05, 4.69) is 26.1 Å². The molecule has 21 heavy (non-hydrogen) atoms. The molecule has 0 aliphatic carbocycles. The first-order valence-corrected chi connectivity index (χ1v) is 7.01. The number of rotatable bonds is 4. The molecule has 1 aromatic carbocycles. The third kappa shape index (κ3) is 5.10. The van der Waals surface area contributed by atoms with Gasteiger partial charge >= 0.3 is 12.0 Å². The molecule has 5 heteroatoms. The van der Waals surface area contributed by atoms with E-state index in [0.29, 0.717) is 5.69 Å². The lowest BCUT2D eigenvalue weighted by molar-refractivity contribution is -0.137. The maximum atomic E-state index is 12.1. The van der Waals surface area contributed by atoms with E-state index < -0.39 is 12.0 Å². The maximum absolute atomic E-state index is 12.1. The van der Waals surface area contributed by atoms with Gasteiger partial charge < -0.3 is 15.3 Å². The number of nitrogens with zero attached hydrogens (tertiary/aromatic N) is 1. The Morgan fingerprint density at radius 1 is 1.19 bits per heavy atom. The van der Waals surface area contributed by atoms with Crippen LogP contribution in [0.15, 0.2) is 24.3 Å². The molecule has 5 nitrogen and oxygen atoms in total. The lowest BCUT2D eigenvalue weighted by Crippen LogP contribution is -2.43. The monoisotopic (exact) mass is 292 g/mol. The molecule has 1 aromatic rings. The molecule has 0 spiro atoms. The predicted octanol–water partition coefficient (Wildman–Crippen LogP) is 3.31. The molecule has 116 valence electrons. The third-order valence-electron chi connectivity index (χ3n) is 3.19. The van der Waals surface area contributed by atoms with Crippen LogP contribution in [0, 0.1) is 0 Å². The zero-order chi connectivity index (χ0) is 16.2. The van der Waals surface area contributed by atoms with Crippen molar-refractivity contribution in [3.63, 3.8) is 0 Å². The fourth-order valence-corrected chi connectivity index (χ4v) is 1.88. The van der Waals surface area contributed by atoms with Gasteiger partial charge in [-0.1, -0.05) is 32.9 Å². The number of carbonyl (C=O) groups excluding carboxylic acids is 1. The maximum Gasteiger partial charge on any atom is 0.323 e. The highest BCUT2D eigenvalue weighted by Gasteiger charge is 2.20. The number of benzene rings is 1. The fourth-order valence-electron chi connectivity index (χ4n) is 1.88. The van der Waals surface area contributed by atoms with Crippen LogP contribution in [-0.4, -0.2) is 34.6 Å². The highest BCUT2D eigenvalue weighted by Crippen LogP contribution is 2.23. The summed E-state index contributed by atoms with van der Waals surface area (Å²) >= 11 is 0. The quantitative estimate of drug-likeness (QED) is 0.894. The van der Waals surface area contributed by atoms with E-state index in [1.165, 1.54) is 10.5 Å². The second-order valence-corrected chi connectivity index (χ2v) is 6.37. The van der Waals surface area contributed by atoms with Crippen LogP contribution in [0.25, 0.3) is 0 Å². The summed E-state index contributed by atoms with van der Waals surface area (Å²) < 4.78 is 0. The molecule has 0 bridgehead atoms. The molecule has 0 aromatic heterocycles. The first-order valence-electron chi connectivity index (χ1n) is 7.01. The summed E-state index contributed by atoms with van der Waals surface area (Å²) in [5, 5.41) is 11.6. The fraction of sp³-hybridized carbons (Fsp3) is 0.500. The summed E-state index contributed by atoms with van der Waals surface area (Å²) in [6, 6.07) is 7.00. The Balaban J connectivity index is 2.79. The number of amides is 2. The summed E-state index contributed by atoms with van der Waals surface area (Å²) in [5.74, 6) is -1.03. The third-order valence-corrected chi connectivity index (χ3v) is 3.19. The Bertz CT molecular complexity index is 501. The zero-order valence-corrected chi connectivity index (χ0v) is 13.3. The number of anilines is 1. The van der Waals surface area contributed by atoms with Gasteiger partial charge in [-0.3, -0.25) is 4.79 Å². The molecule has 0 heterocycles. The van der Waals surface area contributed by atoms with E-state index in [1.54, 1.807) is 13.8 Å². The minimum absolute atomic E-state index is 0.0514. The number of hydrogen-bond acceptors (Lipinski definition) is 2. The molecule has 0 saturated heterocycles. The molecule has 2 amide bonds. The van der Waals surface area contributed by atoms with Crippen molar-refractivity contribution in [1.29, 1.82) is 0 Å². The summed E-state index contributed by atoms with van der Waals surface area (Å²) in [5.41, 5.74) is 1.88. The molecule has 0 fully saturated rings. The smallest absolute Gasteiger partial charge is 0.323 e. The van der Waals surface area contributed by atoms with Crippen LogP contribution in [0.2, 0.25) is 0 Å². The van der Waals surface area contributed by atoms with Crippen LogP contribution in [0.5, 0.6) is 0 Å². The summed E-state index contributed by atoms with van der Waals surface area (Å²) in [6.07, 6.45) is 0. The number of nitrogens with one attached hydrogen (secondary N) is 1. The number of hydrogen-bond donors (Lipinski definition) is 2. The van der Waals surface area contributed by atoms with Crippen molar-refractivity contribution in [2.45, 2.75) is 46.1 Å². The number of carboxylic acids is 1. The highest BCUT2D eigenvalue weighted by molar-refractivity contribution is 5.91. The number of urea groups is 1. The average molecular weight is 292 g/mol. The average Bonchev–Trinajstić information content (AvgIpc) is 2.34. The summed E-state index contributed by atoms with van der Waals surface area (Å²) in [7, 11) is 0. The van der Waals surface area contributed by atoms with Gasteiger partial charge in [0.15, 0.2) is 0 Å². The van der Waals surface area contributed by atoms with Gasteiger partial charge in [0, 0.05) is 11.7 Å². The Labute approximate surface area is 126 Å². The van der Waals surface area contributed by atoms with Crippen LogP contribution < -0.4 is 5.32 Å². The molecule has 0 unspecified atom stereocenters. The van der Waals surface area contributed by atoms with E-state index in [0.717, 1.165) is 0 Å². The number of carboxylic acid groups (broad SMARTS) is 1. The molecule has 0 aliphatic rings. The van der Waals surface area contributed by atoms with Crippen LogP contribution in [0.4, 0.5) is 10.5 Å². The Hall–Kier alpha value is -2.04.